The first-order valence-electron chi connectivity index (χ1n) is 16.0. The van der Waals surface area contributed by atoms with Crippen LogP contribution in [0.3, 0.4) is 0 Å². The molecule has 47 heavy (non-hydrogen) atoms. The summed E-state index contributed by atoms with van der Waals surface area (Å²) in [5.74, 6) is 1.50. The Labute approximate surface area is 285 Å². The predicted molar refractivity (Wildman–Crippen MR) is 190 cm³/mol. The molecule has 0 radical (unpaired) electrons. The molecule has 0 bridgehead atoms. The lowest BCUT2D eigenvalue weighted by Crippen LogP contribution is -2.52. The van der Waals surface area contributed by atoms with E-state index in [1.54, 1.807) is 18.7 Å². The number of hydrogen-bond acceptors (Lipinski definition) is 6. The average molecular weight is 698 g/mol. The lowest BCUT2D eigenvalue weighted by molar-refractivity contribution is -0.133. The number of para-hydroxylation sites is 2. The Morgan fingerprint density at radius 3 is 1.60 bits per heavy atom. The van der Waals surface area contributed by atoms with Crippen LogP contribution in [0, 0.1) is 0 Å². The molecule has 0 atom stereocenters. The zero-order valence-corrected chi connectivity index (χ0v) is 28.9. The van der Waals surface area contributed by atoms with Gasteiger partial charge in [0.05, 0.1) is 34.6 Å². The molecule has 3 aliphatic heterocycles. The second-order valence-corrected chi connectivity index (χ2v) is 13.8. The highest BCUT2D eigenvalue weighted by Gasteiger charge is 2.43. The topological polar surface area (TPSA) is 74.3 Å². The fraction of sp³-hybridized carbons (Fsp3) is 0.316. The normalized spacial score (nSPS) is 17.9. The summed E-state index contributed by atoms with van der Waals surface area (Å²) in [4.78, 5) is 31.8. The molecule has 244 valence electrons. The van der Waals surface area contributed by atoms with E-state index in [1.807, 2.05) is 97.6 Å². The predicted octanol–water partition coefficient (Wildman–Crippen LogP) is 6.95. The number of rotatable bonds is 5. The van der Waals surface area contributed by atoms with Crippen molar-refractivity contribution in [3.05, 3.63) is 113 Å². The van der Waals surface area contributed by atoms with Crippen molar-refractivity contribution in [3.8, 4) is 11.5 Å². The number of piperazine rings is 1. The number of ether oxygens (including phenoxy) is 2. The maximum atomic E-state index is 13.1. The van der Waals surface area contributed by atoms with Gasteiger partial charge in [0, 0.05) is 26.2 Å². The van der Waals surface area contributed by atoms with Crippen LogP contribution in [0.4, 0.5) is 17.1 Å². The van der Waals surface area contributed by atoms with Gasteiger partial charge in [-0.15, -0.1) is 0 Å². The van der Waals surface area contributed by atoms with Crippen molar-refractivity contribution in [1.29, 1.82) is 0 Å². The van der Waals surface area contributed by atoms with Crippen LogP contribution in [0.15, 0.2) is 102 Å². The Morgan fingerprint density at radius 1 is 0.617 bits per heavy atom. The minimum Gasteiger partial charge on any atom is -0.475 e. The Morgan fingerprint density at radius 2 is 1.06 bits per heavy atom. The van der Waals surface area contributed by atoms with Crippen LogP contribution < -0.4 is 29.5 Å². The van der Waals surface area contributed by atoms with Crippen molar-refractivity contribution in [2.75, 3.05) is 40.9 Å². The van der Waals surface area contributed by atoms with Crippen LogP contribution >= 0.6 is 15.9 Å². The summed E-state index contributed by atoms with van der Waals surface area (Å²) in [6.07, 6.45) is 0. The van der Waals surface area contributed by atoms with Gasteiger partial charge in [-0.3, -0.25) is 9.59 Å². The van der Waals surface area contributed by atoms with Gasteiger partial charge in [-0.05, 0) is 79.0 Å². The van der Waals surface area contributed by atoms with Crippen molar-refractivity contribution in [2.45, 2.75) is 52.0 Å². The Balaban J connectivity index is 0.000000168. The Hall–Kier alpha value is -4.34. The molecule has 0 saturated carbocycles. The Bertz CT molecular complexity index is 1740. The van der Waals surface area contributed by atoms with Crippen LogP contribution in [-0.4, -0.2) is 49.2 Å². The van der Waals surface area contributed by atoms with Gasteiger partial charge in [-0.25, -0.2) is 0 Å². The summed E-state index contributed by atoms with van der Waals surface area (Å²) in [5, 5.41) is 3.38. The molecule has 0 aromatic heterocycles. The van der Waals surface area contributed by atoms with Gasteiger partial charge in [0.25, 0.3) is 11.8 Å². The highest BCUT2D eigenvalue weighted by atomic mass is 79.9. The second-order valence-electron chi connectivity index (χ2n) is 12.9. The fourth-order valence-electron chi connectivity index (χ4n) is 6.11. The van der Waals surface area contributed by atoms with Gasteiger partial charge in [-0.1, -0.05) is 72.8 Å². The third-order valence-corrected chi connectivity index (χ3v) is 9.19. The van der Waals surface area contributed by atoms with E-state index in [0.29, 0.717) is 13.1 Å². The van der Waals surface area contributed by atoms with Crippen molar-refractivity contribution in [3.63, 3.8) is 0 Å². The smallest absolute Gasteiger partial charge is 0.271 e. The molecule has 4 aromatic rings. The molecule has 1 N–H and O–H groups in total. The summed E-state index contributed by atoms with van der Waals surface area (Å²) in [5.41, 5.74) is 3.18. The summed E-state index contributed by atoms with van der Waals surface area (Å²) in [6, 6.07) is 31.9. The molecular weight excluding hydrogens is 656 g/mol. The number of amides is 2. The van der Waals surface area contributed by atoms with E-state index >= 15 is 0 Å². The van der Waals surface area contributed by atoms with Crippen molar-refractivity contribution in [1.82, 2.24) is 5.32 Å². The summed E-state index contributed by atoms with van der Waals surface area (Å²) in [6.45, 7) is 12.2. The standard InChI is InChI=1S/C21H25N3O2.C17H16BrNO2/c1-21(2)20(25)24(15-16-7-4-3-5-8-16)18-10-6-9-17(19(18)26-21)23-13-11-22-12-14-23;1-17(2)16(20)19(11-12-7-4-3-5-8-12)14-10-6-9-13(18)15(14)21-17/h3-10,22H,11-15H2,1-2H3;3-10H,11H2,1-2H3. The molecule has 0 unspecified atom stereocenters. The van der Waals surface area contributed by atoms with Crippen molar-refractivity contribution < 1.29 is 19.1 Å². The van der Waals surface area contributed by atoms with Crippen LogP contribution in [0.1, 0.15) is 38.8 Å². The number of benzene rings is 4. The SMILES string of the molecule is CC1(C)Oc2c(Br)cccc2N(Cc2ccccc2)C1=O.CC1(C)Oc2c(N3CCNCC3)cccc2N(Cc2ccccc2)C1=O. The first kappa shape index (κ1) is 32.6. The van der Waals surface area contributed by atoms with E-state index < -0.39 is 11.2 Å². The third-order valence-electron chi connectivity index (χ3n) is 8.56. The quantitative estimate of drug-likeness (QED) is 0.243. The number of halogens is 1. The first-order chi connectivity index (χ1) is 22.5. The minimum atomic E-state index is -0.883. The van der Waals surface area contributed by atoms with Crippen LogP contribution in [0.25, 0.3) is 0 Å². The van der Waals surface area contributed by atoms with E-state index in [1.165, 1.54) is 0 Å². The van der Waals surface area contributed by atoms with Gasteiger partial charge in [-0.2, -0.15) is 0 Å². The molecule has 9 heteroatoms. The largest absolute Gasteiger partial charge is 0.475 e. The molecule has 1 saturated heterocycles. The zero-order valence-electron chi connectivity index (χ0n) is 27.3. The van der Waals surface area contributed by atoms with E-state index in [2.05, 4.69) is 44.3 Å². The molecule has 1 fully saturated rings. The fourth-order valence-corrected chi connectivity index (χ4v) is 6.54. The molecular formula is C38H41BrN4O4. The van der Waals surface area contributed by atoms with Gasteiger partial charge < -0.3 is 29.5 Å². The maximum Gasteiger partial charge on any atom is 0.271 e. The number of nitrogens with one attached hydrogen (secondary N) is 1. The molecule has 0 spiro atoms. The summed E-state index contributed by atoms with van der Waals surface area (Å²) >= 11 is 3.50. The molecule has 2 amide bonds. The van der Waals surface area contributed by atoms with E-state index in [9.17, 15) is 9.59 Å². The number of carbonyl (C=O) groups excluding carboxylic acids is 2. The molecule has 0 aliphatic carbocycles. The summed E-state index contributed by atoms with van der Waals surface area (Å²) < 4.78 is 13.0. The minimum absolute atomic E-state index is 0.00804. The highest BCUT2D eigenvalue weighted by Crippen LogP contribution is 2.45. The van der Waals surface area contributed by atoms with Gasteiger partial charge >= 0.3 is 0 Å². The first-order valence-corrected chi connectivity index (χ1v) is 16.8. The average Bonchev–Trinajstić information content (AvgIpc) is 3.07. The molecule has 4 aromatic carbocycles. The monoisotopic (exact) mass is 696 g/mol. The van der Waals surface area contributed by atoms with Crippen LogP contribution in [-0.2, 0) is 22.7 Å². The van der Waals surface area contributed by atoms with Gasteiger partial charge in [0.1, 0.15) is 0 Å². The van der Waals surface area contributed by atoms with Crippen LogP contribution in [0.2, 0.25) is 0 Å². The lowest BCUT2D eigenvalue weighted by Gasteiger charge is -2.41. The van der Waals surface area contributed by atoms with E-state index in [0.717, 1.165) is 70.3 Å². The molecule has 3 aliphatic rings. The third kappa shape index (κ3) is 6.87. The number of nitrogens with zero attached hydrogens (tertiary/aromatic N) is 3. The highest BCUT2D eigenvalue weighted by molar-refractivity contribution is 9.10. The van der Waals surface area contributed by atoms with Gasteiger partial charge in [0.2, 0.25) is 0 Å². The zero-order chi connectivity index (χ0) is 33.2. The van der Waals surface area contributed by atoms with E-state index in [4.69, 9.17) is 9.47 Å². The lowest BCUT2D eigenvalue weighted by atomic mass is 10.0. The second kappa shape index (κ2) is 13.4. The summed E-state index contributed by atoms with van der Waals surface area (Å²) in [7, 11) is 0. The number of carbonyl (C=O) groups is 2. The number of hydrogen-bond donors (Lipinski definition) is 1. The molecule has 8 nitrogen and oxygen atoms in total. The molecule has 7 rings (SSSR count). The van der Waals surface area contributed by atoms with E-state index in [-0.39, 0.29) is 11.8 Å². The van der Waals surface area contributed by atoms with Crippen molar-refractivity contribution >= 4 is 44.8 Å². The number of fused-ring (bicyclic) bond motifs is 2. The van der Waals surface area contributed by atoms with Crippen molar-refractivity contribution in [2.24, 2.45) is 0 Å². The van der Waals surface area contributed by atoms with Crippen LogP contribution in [0.5, 0.6) is 11.5 Å². The van der Waals surface area contributed by atoms with Gasteiger partial charge in [0.15, 0.2) is 22.7 Å². The number of anilines is 3. The maximum absolute atomic E-state index is 13.1. The molecule has 3 heterocycles. The Kier molecular flexibility index (Phi) is 9.30.